The van der Waals surface area contributed by atoms with Gasteiger partial charge in [0.15, 0.2) is 0 Å². The zero-order valence-corrected chi connectivity index (χ0v) is 12.6. The summed E-state index contributed by atoms with van der Waals surface area (Å²) in [7, 11) is 0. The van der Waals surface area contributed by atoms with E-state index in [2.05, 4.69) is 5.32 Å². The molecule has 0 bridgehead atoms. The molecule has 0 unspecified atom stereocenters. The minimum atomic E-state index is -1.20. The summed E-state index contributed by atoms with van der Waals surface area (Å²) < 4.78 is 19.1. The van der Waals surface area contributed by atoms with E-state index in [0.717, 1.165) is 12.8 Å². The first-order chi connectivity index (χ1) is 9.99. The second-order valence-corrected chi connectivity index (χ2v) is 5.68. The first-order valence-electron chi connectivity index (χ1n) is 7.02. The molecular weight excluding hydrogens is 297 g/mol. The SMILES string of the molecule is C[C@H](NC(=O)C[C@@H]1CCCO1)[C@H](O)c1c(F)cccc1Cl. The van der Waals surface area contributed by atoms with Crippen LogP contribution >= 0.6 is 11.6 Å². The fraction of sp³-hybridized carbons (Fsp3) is 0.533. The molecule has 0 aliphatic carbocycles. The van der Waals surface area contributed by atoms with Gasteiger partial charge in [-0.25, -0.2) is 4.39 Å². The standard InChI is InChI=1S/C15H19ClFNO3/c1-9(18-13(19)8-10-4-3-7-21-10)15(20)14-11(16)5-2-6-12(14)17/h2,5-6,9-10,15,20H,3-4,7-8H2,1H3,(H,18,19)/t9-,10-,15-/m0/s1. The molecule has 1 aromatic carbocycles. The minimum Gasteiger partial charge on any atom is -0.386 e. The molecule has 2 N–H and O–H groups in total. The van der Waals surface area contributed by atoms with Gasteiger partial charge < -0.3 is 15.2 Å². The Labute approximate surface area is 128 Å². The van der Waals surface area contributed by atoms with E-state index >= 15 is 0 Å². The lowest BCUT2D eigenvalue weighted by molar-refractivity contribution is -0.124. The van der Waals surface area contributed by atoms with Gasteiger partial charge in [-0.2, -0.15) is 0 Å². The Morgan fingerprint density at radius 3 is 3.00 bits per heavy atom. The summed E-state index contributed by atoms with van der Waals surface area (Å²) in [5.74, 6) is -0.809. The molecule has 1 aliphatic heterocycles. The van der Waals surface area contributed by atoms with Gasteiger partial charge in [-0.15, -0.1) is 0 Å². The van der Waals surface area contributed by atoms with E-state index in [4.69, 9.17) is 16.3 Å². The predicted molar refractivity (Wildman–Crippen MR) is 77.6 cm³/mol. The van der Waals surface area contributed by atoms with E-state index in [9.17, 15) is 14.3 Å². The Hall–Kier alpha value is -1.17. The normalized spacial score (nSPS) is 21.0. The van der Waals surface area contributed by atoms with E-state index in [-0.39, 0.29) is 29.0 Å². The topological polar surface area (TPSA) is 58.6 Å². The number of ether oxygens (including phenoxy) is 1. The van der Waals surface area contributed by atoms with Crippen molar-refractivity contribution in [1.29, 1.82) is 0 Å². The Morgan fingerprint density at radius 1 is 1.62 bits per heavy atom. The maximum Gasteiger partial charge on any atom is 0.222 e. The summed E-state index contributed by atoms with van der Waals surface area (Å²) in [5.41, 5.74) is 0.00378. The summed E-state index contributed by atoms with van der Waals surface area (Å²) in [6.07, 6.45) is 0.811. The molecule has 1 amide bonds. The monoisotopic (exact) mass is 315 g/mol. The molecule has 1 heterocycles. The molecule has 0 radical (unpaired) electrons. The summed E-state index contributed by atoms with van der Waals surface area (Å²) in [6.45, 7) is 2.29. The van der Waals surface area contributed by atoms with Crippen molar-refractivity contribution in [2.75, 3.05) is 6.61 Å². The maximum atomic E-state index is 13.7. The third-order valence-electron chi connectivity index (χ3n) is 3.59. The van der Waals surface area contributed by atoms with Crippen molar-refractivity contribution in [2.24, 2.45) is 0 Å². The van der Waals surface area contributed by atoms with Crippen LogP contribution in [0.25, 0.3) is 0 Å². The molecule has 2 rings (SSSR count). The Balaban J connectivity index is 1.95. The number of aliphatic hydroxyl groups excluding tert-OH is 1. The number of hydrogen-bond donors (Lipinski definition) is 2. The zero-order chi connectivity index (χ0) is 15.4. The van der Waals surface area contributed by atoms with Gasteiger partial charge in [0.2, 0.25) is 5.91 Å². The van der Waals surface area contributed by atoms with Crippen LogP contribution in [0.5, 0.6) is 0 Å². The molecule has 1 aliphatic rings. The van der Waals surface area contributed by atoms with Crippen LogP contribution in [0.4, 0.5) is 4.39 Å². The zero-order valence-electron chi connectivity index (χ0n) is 11.8. The van der Waals surface area contributed by atoms with Gasteiger partial charge in [0.1, 0.15) is 11.9 Å². The van der Waals surface area contributed by atoms with Gasteiger partial charge >= 0.3 is 0 Å². The third-order valence-corrected chi connectivity index (χ3v) is 3.92. The van der Waals surface area contributed by atoms with Crippen LogP contribution in [0, 0.1) is 5.82 Å². The fourth-order valence-electron chi connectivity index (χ4n) is 2.45. The fourth-order valence-corrected chi connectivity index (χ4v) is 2.72. The van der Waals surface area contributed by atoms with Crippen LogP contribution in [-0.2, 0) is 9.53 Å². The summed E-state index contributed by atoms with van der Waals surface area (Å²) in [6, 6.07) is 3.55. The lowest BCUT2D eigenvalue weighted by atomic mass is 10.0. The van der Waals surface area contributed by atoms with Crippen molar-refractivity contribution >= 4 is 17.5 Å². The highest BCUT2D eigenvalue weighted by atomic mass is 35.5. The predicted octanol–water partition coefficient (Wildman–Crippen LogP) is 2.59. The average molecular weight is 316 g/mol. The van der Waals surface area contributed by atoms with Crippen LogP contribution < -0.4 is 5.32 Å². The summed E-state index contributed by atoms with van der Waals surface area (Å²) in [5, 5.41) is 13.0. The minimum absolute atomic E-state index is 0.00378. The first kappa shape index (κ1) is 16.2. The van der Waals surface area contributed by atoms with Crippen LogP contribution in [0.2, 0.25) is 5.02 Å². The summed E-state index contributed by atoms with van der Waals surface area (Å²) >= 11 is 5.91. The van der Waals surface area contributed by atoms with Crippen molar-refractivity contribution in [2.45, 2.75) is 44.4 Å². The Kier molecular flexibility index (Phi) is 5.56. The molecule has 6 heteroatoms. The number of nitrogens with one attached hydrogen (secondary N) is 1. The second-order valence-electron chi connectivity index (χ2n) is 5.28. The molecule has 3 atom stereocenters. The number of carbonyl (C=O) groups is 1. The van der Waals surface area contributed by atoms with Gasteiger partial charge in [0.25, 0.3) is 0 Å². The quantitative estimate of drug-likeness (QED) is 0.878. The lowest BCUT2D eigenvalue weighted by Gasteiger charge is -2.22. The maximum absolute atomic E-state index is 13.7. The second kappa shape index (κ2) is 7.20. The lowest BCUT2D eigenvalue weighted by Crippen LogP contribution is -2.38. The third kappa shape index (κ3) is 4.15. The van der Waals surface area contributed by atoms with Gasteiger partial charge in [-0.1, -0.05) is 17.7 Å². The molecule has 1 fully saturated rings. The highest BCUT2D eigenvalue weighted by Gasteiger charge is 2.25. The molecule has 1 saturated heterocycles. The van der Waals surface area contributed by atoms with E-state index in [1.807, 2.05) is 0 Å². The van der Waals surface area contributed by atoms with Crippen LogP contribution in [0.3, 0.4) is 0 Å². The van der Waals surface area contributed by atoms with Crippen molar-refractivity contribution in [3.8, 4) is 0 Å². The van der Waals surface area contributed by atoms with Crippen molar-refractivity contribution in [3.05, 3.63) is 34.6 Å². The Bertz CT molecular complexity index is 485. The van der Waals surface area contributed by atoms with Gasteiger partial charge in [0, 0.05) is 17.2 Å². The van der Waals surface area contributed by atoms with Crippen molar-refractivity contribution < 1.29 is 19.0 Å². The number of hydrogen-bond acceptors (Lipinski definition) is 3. The molecule has 1 aromatic rings. The highest BCUT2D eigenvalue weighted by molar-refractivity contribution is 6.31. The van der Waals surface area contributed by atoms with Crippen molar-refractivity contribution in [1.82, 2.24) is 5.32 Å². The van der Waals surface area contributed by atoms with E-state index < -0.39 is 18.0 Å². The molecule has 116 valence electrons. The molecule has 0 aromatic heterocycles. The molecule has 0 spiro atoms. The van der Waals surface area contributed by atoms with Crippen molar-refractivity contribution in [3.63, 3.8) is 0 Å². The molecular formula is C15H19ClFNO3. The molecule has 4 nitrogen and oxygen atoms in total. The molecule has 21 heavy (non-hydrogen) atoms. The number of carbonyl (C=O) groups excluding carboxylic acids is 1. The first-order valence-corrected chi connectivity index (χ1v) is 7.39. The number of rotatable bonds is 5. The van der Waals surface area contributed by atoms with Gasteiger partial charge in [0.05, 0.1) is 18.6 Å². The highest BCUT2D eigenvalue weighted by Crippen LogP contribution is 2.28. The van der Waals surface area contributed by atoms with E-state index in [1.54, 1.807) is 6.92 Å². The largest absolute Gasteiger partial charge is 0.386 e. The average Bonchev–Trinajstić information content (AvgIpc) is 2.90. The van der Waals surface area contributed by atoms with Crippen LogP contribution in [0.15, 0.2) is 18.2 Å². The smallest absolute Gasteiger partial charge is 0.222 e. The molecule has 0 saturated carbocycles. The van der Waals surface area contributed by atoms with Gasteiger partial charge in [-0.05, 0) is 31.9 Å². The number of halogens is 2. The summed E-state index contributed by atoms with van der Waals surface area (Å²) in [4.78, 5) is 11.9. The van der Waals surface area contributed by atoms with E-state index in [1.165, 1.54) is 18.2 Å². The van der Waals surface area contributed by atoms with Crippen LogP contribution in [-0.4, -0.2) is 29.8 Å². The van der Waals surface area contributed by atoms with Crippen LogP contribution in [0.1, 0.15) is 37.9 Å². The van der Waals surface area contributed by atoms with Gasteiger partial charge in [-0.3, -0.25) is 4.79 Å². The van der Waals surface area contributed by atoms with E-state index in [0.29, 0.717) is 6.61 Å². The Morgan fingerprint density at radius 2 is 2.38 bits per heavy atom. The number of benzene rings is 1. The number of amides is 1. The number of aliphatic hydroxyl groups is 1.